The molecule has 6 heteroatoms. The Balaban J connectivity index is 2.42. The maximum absolute atomic E-state index is 12.2. The van der Waals surface area contributed by atoms with Crippen LogP contribution >= 0.6 is 22.6 Å². The lowest BCUT2D eigenvalue weighted by Crippen LogP contribution is -2.59. The summed E-state index contributed by atoms with van der Waals surface area (Å²) in [5, 5.41) is 13.4. The van der Waals surface area contributed by atoms with Gasteiger partial charge in [0.25, 0.3) is 0 Å². The van der Waals surface area contributed by atoms with Gasteiger partial charge in [0.1, 0.15) is 10.0 Å². The fourth-order valence-corrected chi connectivity index (χ4v) is 2.97. The molecule has 5 nitrogen and oxygen atoms in total. The summed E-state index contributed by atoms with van der Waals surface area (Å²) in [6.07, 6.45) is 1.39. The molecule has 1 fully saturated rings. The Hall–Kier alpha value is 0.0800. The second-order valence-electron chi connectivity index (χ2n) is 7.43. The third-order valence-electron chi connectivity index (χ3n) is 3.71. The molecule has 1 rings (SSSR count). The number of carbonyl (C=O) groups is 1. The molecule has 123 valence electrons. The number of ether oxygens (including phenoxy) is 2. The van der Waals surface area contributed by atoms with Crippen LogP contribution in [0.3, 0.4) is 0 Å². The van der Waals surface area contributed by atoms with E-state index in [1.807, 2.05) is 41.5 Å². The van der Waals surface area contributed by atoms with Crippen LogP contribution in [0.1, 0.15) is 54.4 Å². The van der Waals surface area contributed by atoms with E-state index < -0.39 is 14.5 Å². The molecule has 0 aromatic rings. The molecule has 0 aliphatic carbocycles. The highest BCUT2D eigenvalue weighted by Crippen LogP contribution is 2.38. The number of halogens is 1. The van der Waals surface area contributed by atoms with Crippen LogP contribution in [-0.4, -0.2) is 44.8 Å². The van der Waals surface area contributed by atoms with Gasteiger partial charge in [-0.05, 0) is 54.4 Å². The van der Waals surface area contributed by atoms with Crippen molar-refractivity contribution in [3.05, 3.63) is 0 Å². The van der Waals surface area contributed by atoms with E-state index in [4.69, 9.17) is 9.47 Å². The first-order valence-electron chi connectivity index (χ1n) is 7.31. The lowest BCUT2D eigenvalue weighted by atomic mass is 9.80. The van der Waals surface area contributed by atoms with Gasteiger partial charge in [0.15, 0.2) is 0 Å². The molecule has 0 saturated carbocycles. The van der Waals surface area contributed by atoms with E-state index in [1.54, 1.807) is 0 Å². The highest BCUT2D eigenvalue weighted by Gasteiger charge is 2.46. The molecule has 0 atom stereocenters. The number of hydroxylamine groups is 2. The maximum Gasteiger partial charge on any atom is 0.321 e. The Bertz CT molecular complexity index is 358. The van der Waals surface area contributed by atoms with Crippen molar-refractivity contribution < 1.29 is 19.5 Å². The fraction of sp³-hybridized carbons (Fsp3) is 0.933. The van der Waals surface area contributed by atoms with Crippen LogP contribution < -0.4 is 0 Å². The second kappa shape index (κ2) is 6.68. The zero-order valence-corrected chi connectivity index (χ0v) is 16.0. The molecule has 0 unspecified atom stereocenters. The Morgan fingerprint density at radius 2 is 1.67 bits per heavy atom. The minimum absolute atomic E-state index is 0.0199. The Kier molecular flexibility index (Phi) is 6.08. The SMILES string of the molecule is CC(C)(I)C(=O)OCCOC1CC(C)(C)N([O])C(C)(C)C1. The minimum Gasteiger partial charge on any atom is -0.462 e. The third-order valence-corrected chi connectivity index (χ3v) is 4.15. The molecule has 1 aliphatic heterocycles. The van der Waals surface area contributed by atoms with Crippen molar-refractivity contribution in [2.24, 2.45) is 0 Å². The van der Waals surface area contributed by atoms with Crippen LogP contribution in [0, 0.1) is 0 Å². The largest absolute Gasteiger partial charge is 0.462 e. The maximum atomic E-state index is 12.2. The summed E-state index contributed by atoms with van der Waals surface area (Å²) in [7, 11) is 0. The van der Waals surface area contributed by atoms with E-state index in [9.17, 15) is 10.0 Å². The van der Waals surface area contributed by atoms with Gasteiger partial charge >= 0.3 is 5.97 Å². The number of esters is 1. The van der Waals surface area contributed by atoms with E-state index in [0.717, 1.165) is 0 Å². The molecule has 1 saturated heterocycles. The average Bonchev–Trinajstić information content (AvgIpc) is 2.29. The number of hydrogen-bond acceptors (Lipinski definition) is 4. The van der Waals surface area contributed by atoms with Crippen LogP contribution in [0.25, 0.3) is 0 Å². The molecule has 0 spiro atoms. The zero-order chi connectivity index (χ0) is 16.5. The van der Waals surface area contributed by atoms with Gasteiger partial charge in [-0.3, -0.25) is 4.79 Å². The molecule has 0 N–H and O–H groups in total. The van der Waals surface area contributed by atoms with Gasteiger partial charge < -0.3 is 9.47 Å². The number of alkyl halides is 1. The zero-order valence-electron chi connectivity index (χ0n) is 13.9. The predicted octanol–water partition coefficient (Wildman–Crippen LogP) is 3.13. The minimum atomic E-state index is -0.518. The van der Waals surface area contributed by atoms with Gasteiger partial charge in [0, 0.05) is 11.1 Å². The van der Waals surface area contributed by atoms with E-state index in [2.05, 4.69) is 22.6 Å². The molecule has 0 bridgehead atoms. The molecule has 1 radical (unpaired) electrons. The highest BCUT2D eigenvalue weighted by atomic mass is 127. The highest BCUT2D eigenvalue weighted by molar-refractivity contribution is 14.1. The Labute approximate surface area is 141 Å². The van der Waals surface area contributed by atoms with E-state index in [0.29, 0.717) is 19.4 Å². The van der Waals surface area contributed by atoms with Crippen LogP contribution in [-0.2, 0) is 19.5 Å². The number of nitrogens with zero attached hydrogens (tertiary/aromatic N) is 1. The summed E-state index contributed by atoms with van der Waals surface area (Å²) in [5.74, 6) is -0.235. The smallest absolute Gasteiger partial charge is 0.321 e. The monoisotopic (exact) mass is 412 g/mol. The van der Waals surface area contributed by atoms with E-state index >= 15 is 0 Å². The van der Waals surface area contributed by atoms with Crippen molar-refractivity contribution in [2.45, 2.75) is 75.0 Å². The molecule has 21 heavy (non-hydrogen) atoms. The van der Waals surface area contributed by atoms with Crippen LogP contribution in [0.5, 0.6) is 0 Å². The van der Waals surface area contributed by atoms with Crippen molar-refractivity contribution in [1.82, 2.24) is 5.06 Å². The summed E-state index contributed by atoms with van der Waals surface area (Å²) in [6.45, 7) is 12.0. The van der Waals surface area contributed by atoms with Crippen LogP contribution in [0.4, 0.5) is 0 Å². The number of piperidine rings is 1. The molecule has 0 amide bonds. The van der Waals surface area contributed by atoms with E-state index in [1.165, 1.54) is 5.06 Å². The first-order valence-corrected chi connectivity index (χ1v) is 8.39. The fourth-order valence-electron chi connectivity index (χ4n) is 2.81. The summed E-state index contributed by atoms with van der Waals surface area (Å²) in [5.41, 5.74) is -0.874. The Morgan fingerprint density at radius 1 is 1.19 bits per heavy atom. The third kappa shape index (κ3) is 5.33. The molecule has 1 aliphatic rings. The van der Waals surface area contributed by atoms with Gasteiger partial charge in [0.05, 0.1) is 12.7 Å². The van der Waals surface area contributed by atoms with Crippen LogP contribution in [0.15, 0.2) is 0 Å². The normalized spacial score (nSPS) is 23.0. The van der Waals surface area contributed by atoms with Gasteiger partial charge in [-0.25, -0.2) is 0 Å². The Morgan fingerprint density at radius 3 is 2.10 bits per heavy atom. The summed E-state index contributed by atoms with van der Waals surface area (Å²) < 4.78 is 10.5. The van der Waals surface area contributed by atoms with Crippen molar-refractivity contribution in [3.63, 3.8) is 0 Å². The summed E-state index contributed by atoms with van der Waals surface area (Å²) >= 11 is 2.05. The number of carbonyl (C=O) groups excluding carboxylic acids is 1. The number of rotatable bonds is 5. The molecular weight excluding hydrogens is 385 g/mol. The summed E-state index contributed by atoms with van der Waals surface area (Å²) in [6, 6.07) is 0. The molecule has 0 aromatic heterocycles. The van der Waals surface area contributed by atoms with Gasteiger partial charge in [0.2, 0.25) is 0 Å². The van der Waals surface area contributed by atoms with Crippen molar-refractivity contribution in [2.75, 3.05) is 13.2 Å². The number of hydrogen-bond donors (Lipinski definition) is 0. The van der Waals surface area contributed by atoms with Crippen molar-refractivity contribution in [3.8, 4) is 0 Å². The molecule has 0 aromatic carbocycles. The average molecular weight is 412 g/mol. The molecule has 1 heterocycles. The predicted molar refractivity (Wildman–Crippen MR) is 88.7 cm³/mol. The topological polar surface area (TPSA) is 58.7 Å². The van der Waals surface area contributed by atoms with Crippen molar-refractivity contribution in [1.29, 1.82) is 0 Å². The van der Waals surface area contributed by atoms with Gasteiger partial charge in [-0.2, -0.15) is 0 Å². The lowest BCUT2D eigenvalue weighted by Gasteiger charge is -2.49. The van der Waals surface area contributed by atoms with Crippen LogP contribution in [0.2, 0.25) is 0 Å². The van der Waals surface area contributed by atoms with Gasteiger partial charge in [-0.15, -0.1) is 10.3 Å². The standard InChI is InChI=1S/C15H27INO4/c1-13(2)9-11(10-14(3,4)17(13)19)20-7-8-21-12(18)15(5,6)16/h11H,7-10H2,1-6H3. The first kappa shape index (κ1) is 19.1. The van der Waals surface area contributed by atoms with Crippen molar-refractivity contribution >= 4 is 28.6 Å². The second-order valence-corrected chi connectivity index (χ2v) is 10.1. The van der Waals surface area contributed by atoms with Gasteiger partial charge in [-0.1, -0.05) is 22.6 Å². The first-order chi connectivity index (χ1) is 9.36. The summed E-state index contributed by atoms with van der Waals surface area (Å²) in [4.78, 5) is 11.6. The van der Waals surface area contributed by atoms with E-state index in [-0.39, 0.29) is 18.7 Å². The lowest BCUT2D eigenvalue weighted by molar-refractivity contribution is -0.301. The molecular formula is C15H27INO4. The quantitative estimate of drug-likeness (QED) is 0.301.